The molecule has 0 aliphatic carbocycles. The van der Waals surface area contributed by atoms with E-state index in [1.165, 1.54) is 23.6 Å². The zero-order valence-corrected chi connectivity index (χ0v) is 18.7. The number of ether oxygens (including phenoxy) is 2. The van der Waals surface area contributed by atoms with E-state index >= 15 is 0 Å². The van der Waals surface area contributed by atoms with Gasteiger partial charge in [0, 0.05) is 48.3 Å². The Kier molecular flexibility index (Phi) is 5.55. The summed E-state index contributed by atoms with van der Waals surface area (Å²) in [7, 11) is -3.10. The van der Waals surface area contributed by atoms with Crippen LogP contribution in [0.1, 0.15) is 11.1 Å². The van der Waals surface area contributed by atoms with E-state index in [0.717, 1.165) is 23.3 Å². The van der Waals surface area contributed by atoms with E-state index in [4.69, 9.17) is 9.47 Å². The highest BCUT2D eigenvalue weighted by molar-refractivity contribution is 7.90. The normalized spacial score (nSPS) is 13.0. The fourth-order valence-corrected chi connectivity index (χ4v) is 4.13. The molecule has 0 fully saturated rings. The van der Waals surface area contributed by atoms with Crippen molar-refractivity contribution in [1.82, 2.24) is 24.6 Å². The Morgan fingerprint density at radius 2 is 2.15 bits per heavy atom. The van der Waals surface area contributed by atoms with Gasteiger partial charge in [0.05, 0.1) is 18.6 Å². The molecule has 4 heterocycles. The average Bonchev–Trinajstić information content (AvgIpc) is 3.47. The lowest BCUT2D eigenvalue weighted by Crippen LogP contribution is -2.12. The van der Waals surface area contributed by atoms with E-state index in [1.54, 1.807) is 29.2 Å². The van der Waals surface area contributed by atoms with E-state index in [0.29, 0.717) is 30.5 Å². The van der Waals surface area contributed by atoms with Crippen molar-refractivity contribution in [2.24, 2.45) is 0 Å². The second-order valence-electron chi connectivity index (χ2n) is 7.75. The standard InChI is InChI=1S/C22H22N6O4S/c1-33(29,30)8-7-31-17-9-16(10-23-12-17)19-13-25-22(28-14-26-27-21(19)28)24-11-15-3-2-4-20-18(15)5-6-32-20/h2-4,9-10,12-14H,5-8,11H2,1H3,(H,24,25). The Morgan fingerprint density at radius 3 is 3.03 bits per heavy atom. The smallest absolute Gasteiger partial charge is 0.210 e. The van der Waals surface area contributed by atoms with Gasteiger partial charge in [-0.15, -0.1) is 10.2 Å². The molecule has 1 aliphatic heterocycles. The van der Waals surface area contributed by atoms with Crippen molar-refractivity contribution < 1.29 is 17.9 Å². The molecule has 4 aromatic rings. The van der Waals surface area contributed by atoms with Crippen LogP contribution in [-0.4, -0.2) is 58.2 Å². The molecule has 1 aromatic carbocycles. The zero-order valence-electron chi connectivity index (χ0n) is 17.9. The van der Waals surface area contributed by atoms with Gasteiger partial charge in [0.2, 0.25) is 5.95 Å². The number of rotatable bonds is 8. The van der Waals surface area contributed by atoms with Gasteiger partial charge in [-0.05, 0) is 17.7 Å². The van der Waals surface area contributed by atoms with Crippen molar-refractivity contribution >= 4 is 21.4 Å². The van der Waals surface area contributed by atoms with Crippen molar-refractivity contribution in [2.45, 2.75) is 13.0 Å². The van der Waals surface area contributed by atoms with Crippen molar-refractivity contribution in [3.05, 3.63) is 60.3 Å². The number of pyridine rings is 1. The molecule has 5 rings (SSSR count). The minimum atomic E-state index is -3.10. The first-order chi connectivity index (χ1) is 16.0. The van der Waals surface area contributed by atoms with Gasteiger partial charge < -0.3 is 14.8 Å². The number of nitrogens with one attached hydrogen (secondary N) is 1. The average molecular weight is 467 g/mol. The number of hydrogen-bond donors (Lipinski definition) is 1. The third-order valence-electron chi connectivity index (χ3n) is 5.36. The lowest BCUT2D eigenvalue weighted by molar-refractivity contribution is 0.340. The van der Waals surface area contributed by atoms with Crippen molar-refractivity contribution in [1.29, 1.82) is 0 Å². The maximum Gasteiger partial charge on any atom is 0.210 e. The Bertz CT molecular complexity index is 1420. The Hall–Kier alpha value is -3.73. The summed E-state index contributed by atoms with van der Waals surface area (Å²) >= 11 is 0. The summed E-state index contributed by atoms with van der Waals surface area (Å²) in [4.78, 5) is 8.79. The van der Waals surface area contributed by atoms with E-state index in [-0.39, 0.29) is 12.4 Å². The molecule has 170 valence electrons. The number of hydrogen-bond acceptors (Lipinski definition) is 9. The van der Waals surface area contributed by atoms with Gasteiger partial charge >= 0.3 is 0 Å². The van der Waals surface area contributed by atoms with E-state index in [2.05, 4.69) is 31.5 Å². The molecule has 0 bridgehead atoms. The van der Waals surface area contributed by atoms with E-state index < -0.39 is 9.84 Å². The van der Waals surface area contributed by atoms with Gasteiger partial charge in [0.15, 0.2) is 15.5 Å². The van der Waals surface area contributed by atoms with Crippen molar-refractivity contribution in [2.75, 3.05) is 30.5 Å². The first kappa shape index (κ1) is 21.1. The summed E-state index contributed by atoms with van der Waals surface area (Å²) in [6, 6.07) is 7.84. The van der Waals surface area contributed by atoms with E-state index in [9.17, 15) is 8.42 Å². The third kappa shape index (κ3) is 4.58. The number of fused-ring (bicyclic) bond motifs is 2. The molecule has 0 saturated heterocycles. The predicted octanol–water partition coefficient (Wildman–Crippen LogP) is 2.16. The highest BCUT2D eigenvalue weighted by Crippen LogP contribution is 2.29. The molecule has 33 heavy (non-hydrogen) atoms. The van der Waals surface area contributed by atoms with Crippen LogP contribution >= 0.6 is 0 Å². The molecular formula is C22H22N6O4S. The number of benzene rings is 1. The summed E-state index contributed by atoms with van der Waals surface area (Å²) in [5, 5.41) is 11.7. The summed E-state index contributed by atoms with van der Waals surface area (Å²) in [5.74, 6) is 1.96. The van der Waals surface area contributed by atoms with Crippen LogP contribution in [0.25, 0.3) is 16.8 Å². The number of aromatic nitrogens is 5. The molecule has 11 heteroatoms. The molecule has 10 nitrogen and oxygen atoms in total. The monoisotopic (exact) mass is 466 g/mol. The topological polar surface area (TPSA) is 121 Å². The van der Waals surface area contributed by atoms with Gasteiger partial charge in [-0.2, -0.15) is 0 Å². The highest BCUT2D eigenvalue weighted by Gasteiger charge is 2.17. The molecule has 0 spiro atoms. The highest BCUT2D eigenvalue weighted by atomic mass is 32.2. The lowest BCUT2D eigenvalue weighted by atomic mass is 10.1. The number of anilines is 1. The van der Waals surface area contributed by atoms with Crippen LogP contribution in [0.15, 0.2) is 49.2 Å². The number of nitrogens with zero attached hydrogens (tertiary/aromatic N) is 5. The van der Waals surface area contributed by atoms with Crippen LogP contribution in [0.3, 0.4) is 0 Å². The largest absolute Gasteiger partial charge is 0.493 e. The first-order valence-electron chi connectivity index (χ1n) is 10.4. The van der Waals surface area contributed by atoms with Gasteiger partial charge in [-0.1, -0.05) is 12.1 Å². The summed E-state index contributed by atoms with van der Waals surface area (Å²) < 4.78 is 35.6. The van der Waals surface area contributed by atoms with Gasteiger partial charge in [-0.3, -0.25) is 9.38 Å². The van der Waals surface area contributed by atoms with Crippen LogP contribution in [0.4, 0.5) is 5.95 Å². The molecule has 0 radical (unpaired) electrons. The fraction of sp³-hybridized carbons (Fsp3) is 0.273. The fourth-order valence-electron chi connectivity index (χ4n) is 3.74. The predicted molar refractivity (Wildman–Crippen MR) is 122 cm³/mol. The quantitative estimate of drug-likeness (QED) is 0.416. The summed E-state index contributed by atoms with van der Waals surface area (Å²) in [6.07, 6.45) is 8.60. The van der Waals surface area contributed by atoms with Crippen molar-refractivity contribution in [3.63, 3.8) is 0 Å². The molecule has 3 aromatic heterocycles. The van der Waals surface area contributed by atoms with Gasteiger partial charge in [0.1, 0.15) is 24.4 Å². The minimum Gasteiger partial charge on any atom is -0.493 e. The molecule has 1 N–H and O–H groups in total. The van der Waals surface area contributed by atoms with Gasteiger partial charge in [0.25, 0.3) is 0 Å². The molecule has 0 unspecified atom stereocenters. The molecular weight excluding hydrogens is 444 g/mol. The maximum absolute atomic E-state index is 11.3. The Labute approximate surface area is 190 Å². The van der Waals surface area contributed by atoms with E-state index in [1.807, 2.05) is 12.1 Å². The third-order valence-corrected chi connectivity index (χ3v) is 6.26. The maximum atomic E-state index is 11.3. The molecule has 1 aliphatic rings. The molecule has 0 saturated carbocycles. The summed E-state index contributed by atoms with van der Waals surface area (Å²) in [5.41, 5.74) is 4.47. The SMILES string of the molecule is CS(=O)(=O)CCOc1cncc(-c2cnc(NCc3cccc4c3CCO4)n3cnnc23)c1. The van der Waals surface area contributed by atoms with Gasteiger partial charge in [-0.25, -0.2) is 13.4 Å². The molecule has 0 atom stereocenters. The molecule has 0 amide bonds. The van der Waals surface area contributed by atoms with Crippen molar-refractivity contribution in [3.8, 4) is 22.6 Å². The second kappa shape index (κ2) is 8.66. The lowest BCUT2D eigenvalue weighted by Gasteiger charge is -2.12. The first-order valence-corrected chi connectivity index (χ1v) is 12.5. The van der Waals surface area contributed by atoms with Crippen LogP contribution < -0.4 is 14.8 Å². The second-order valence-corrected chi connectivity index (χ2v) is 10.0. The zero-order chi connectivity index (χ0) is 22.8. The summed E-state index contributed by atoms with van der Waals surface area (Å²) in [6.45, 7) is 1.36. The Morgan fingerprint density at radius 1 is 1.24 bits per heavy atom. The van der Waals surface area contributed by atoms with Crippen LogP contribution in [0.5, 0.6) is 11.5 Å². The Balaban J connectivity index is 1.38. The van der Waals surface area contributed by atoms with Crippen LogP contribution in [0.2, 0.25) is 0 Å². The van der Waals surface area contributed by atoms with Crippen LogP contribution in [0, 0.1) is 0 Å². The minimum absolute atomic E-state index is 0.0552. The number of sulfone groups is 1. The van der Waals surface area contributed by atoms with Crippen LogP contribution in [-0.2, 0) is 22.8 Å².